The Bertz CT molecular complexity index is 538. The number of ether oxygens (including phenoxy) is 1. The Morgan fingerprint density at radius 3 is 2.53 bits per heavy atom. The van der Waals surface area contributed by atoms with Crippen molar-refractivity contribution in [3.05, 3.63) is 53.6 Å². The van der Waals surface area contributed by atoms with E-state index in [1.165, 1.54) is 18.7 Å². The van der Waals surface area contributed by atoms with Crippen LogP contribution in [0.15, 0.2) is 36.9 Å². The van der Waals surface area contributed by atoms with E-state index in [1.54, 1.807) is 19.2 Å². The van der Waals surface area contributed by atoms with E-state index < -0.39 is 0 Å². The molecule has 0 N–H and O–H groups in total. The Morgan fingerprint density at radius 2 is 1.94 bits per heavy atom. The highest BCUT2D eigenvalue weighted by molar-refractivity contribution is 6.09. The number of hydrogen-bond acceptors (Lipinski definition) is 4. The van der Waals surface area contributed by atoms with Crippen LogP contribution in [0.3, 0.4) is 0 Å². The van der Waals surface area contributed by atoms with Gasteiger partial charge in [-0.1, -0.05) is 0 Å². The van der Waals surface area contributed by atoms with Crippen LogP contribution in [0.1, 0.15) is 21.5 Å². The molecule has 0 aliphatic carbocycles. The van der Waals surface area contributed by atoms with E-state index in [9.17, 15) is 4.79 Å². The second-order valence-electron chi connectivity index (χ2n) is 3.64. The minimum atomic E-state index is -0.0780. The summed E-state index contributed by atoms with van der Waals surface area (Å²) >= 11 is 0. The molecule has 0 aliphatic rings. The first kappa shape index (κ1) is 11.3. The predicted molar refractivity (Wildman–Crippen MR) is 63.2 cm³/mol. The summed E-state index contributed by atoms with van der Waals surface area (Å²) in [5, 5.41) is 0. The van der Waals surface area contributed by atoms with Crippen LogP contribution in [0.25, 0.3) is 0 Å². The van der Waals surface area contributed by atoms with Gasteiger partial charge in [0.15, 0.2) is 5.78 Å². The molecule has 2 rings (SSSR count). The molecule has 0 radical (unpaired) electrons. The largest absolute Gasteiger partial charge is 0.497 e. The van der Waals surface area contributed by atoms with Crippen LogP contribution < -0.4 is 4.74 Å². The van der Waals surface area contributed by atoms with E-state index in [-0.39, 0.29) is 5.78 Å². The normalized spacial score (nSPS) is 10.0. The van der Waals surface area contributed by atoms with Crippen molar-refractivity contribution < 1.29 is 9.53 Å². The van der Waals surface area contributed by atoms with Gasteiger partial charge in [-0.2, -0.15) is 0 Å². The number of nitrogens with zero attached hydrogens (tertiary/aromatic N) is 2. The van der Waals surface area contributed by atoms with E-state index in [0.717, 1.165) is 11.3 Å². The van der Waals surface area contributed by atoms with Gasteiger partial charge >= 0.3 is 0 Å². The van der Waals surface area contributed by atoms with Crippen LogP contribution in [0.5, 0.6) is 5.75 Å². The molecule has 2 aromatic rings. The Hall–Kier alpha value is -2.23. The van der Waals surface area contributed by atoms with Gasteiger partial charge in [-0.25, -0.2) is 9.97 Å². The zero-order chi connectivity index (χ0) is 12.3. The molecule has 0 saturated carbocycles. The summed E-state index contributed by atoms with van der Waals surface area (Å²) in [4.78, 5) is 19.8. The smallest absolute Gasteiger partial charge is 0.196 e. The van der Waals surface area contributed by atoms with Crippen molar-refractivity contribution in [2.75, 3.05) is 7.11 Å². The van der Waals surface area contributed by atoms with Crippen molar-refractivity contribution in [2.24, 2.45) is 0 Å². The summed E-state index contributed by atoms with van der Waals surface area (Å²) in [6.07, 6.45) is 4.43. The monoisotopic (exact) mass is 228 g/mol. The van der Waals surface area contributed by atoms with Gasteiger partial charge in [0.2, 0.25) is 0 Å². The van der Waals surface area contributed by atoms with Crippen molar-refractivity contribution >= 4 is 5.78 Å². The van der Waals surface area contributed by atoms with Gasteiger partial charge in [-0.3, -0.25) is 4.79 Å². The average Bonchev–Trinajstić information content (AvgIpc) is 2.39. The molecule has 17 heavy (non-hydrogen) atoms. The van der Waals surface area contributed by atoms with E-state index in [0.29, 0.717) is 11.1 Å². The van der Waals surface area contributed by atoms with Crippen molar-refractivity contribution in [1.29, 1.82) is 0 Å². The molecule has 0 spiro atoms. The average molecular weight is 228 g/mol. The number of rotatable bonds is 3. The molecule has 0 saturated heterocycles. The quantitative estimate of drug-likeness (QED) is 0.754. The number of carbonyl (C=O) groups is 1. The van der Waals surface area contributed by atoms with Gasteiger partial charge < -0.3 is 4.74 Å². The molecule has 0 atom stereocenters. The maximum atomic E-state index is 12.1. The van der Waals surface area contributed by atoms with Crippen molar-refractivity contribution in [1.82, 2.24) is 9.97 Å². The Kier molecular flexibility index (Phi) is 3.14. The molecule has 4 nitrogen and oxygen atoms in total. The van der Waals surface area contributed by atoms with Crippen LogP contribution in [0, 0.1) is 6.92 Å². The molecule has 0 fully saturated rings. The molecule has 4 heteroatoms. The topological polar surface area (TPSA) is 52.1 Å². The fraction of sp³-hybridized carbons (Fsp3) is 0.154. The molecule has 1 aromatic carbocycles. The van der Waals surface area contributed by atoms with Crippen LogP contribution in [0.4, 0.5) is 0 Å². The first-order valence-corrected chi connectivity index (χ1v) is 5.16. The number of hydrogen-bond donors (Lipinski definition) is 0. The lowest BCUT2D eigenvalue weighted by Crippen LogP contribution is -2.04. The maximum absolute atomic E-state index is 12.1. The SMILES string of the molecule is COc1ccc(C(=O)c2cncnc2)c(C)c1. The molecule has 1 aromatic heterocycles. The van der Waals surface area contributed by atoms with Gasteiger partial charge in [0, 0.05) is 18.0 Å². The summed E-state index contributed by atoms with van der Waals surface area (Å²) in [5.74, 6) is 0.661. The number of ketones is 1. The second-order valence-corrected chi connectivity index (χ2v) is 3.64. The fourth-order valence-electron chi connectivity index (χ4n) is 1.59. The van der Waals surface area contributed by atoms with E-state index in [1.807, 2.05) is 13.0 Å². The fourth-order valence-corrected chi connectivity index (χ4v) is 1.59. The summed E-state index contributed by atoms with van der Waals surface area (Å²) < 4.78 is 5.10. The van der Waals surface area contributed by atoms with Crippen molar-refractivity contribution in [2.45, 2.75) is 6.92 Å². The van der Waals surface area contributed by atoms with Crippen LogP contribution in [-0.2, 0) is 0 Å². The summed E-state index contributed by atoms with van der Waals surface area (Å²) in [7, 11) is 1.60. The molecule has 86 valence electrons. The predicted octanol–water partition coefficient (Wildman–Crippen LogP) is 2.02. The van der Waals surface area contributed by atoms with Gasteiger partial charge in [0.1, 0.15) is 12.1 Å². The third-order valence-corrected chi connectivity index (χ3v) is 2.50. The van der Waals surface area contributed by atoms with Crippen LogP contribution in [-0.4, -0.2) is 22.9 Å². The highest BCUT2D eigenvalue weighted by atomic mass is 16.5. The third-order valence-electron chi connectivity index (χ3n) is 2.50. The molecule has 0 unspecified atom stereocenters. The van der Waals surface area contributed by atoms with E-state index >= 15 is 0 Å². The summed E-state index contributed by atoms with van der Waals surface area (Å²) in [5.41, 5.74) is 2.00. The van der Waals surface area contributed by atoms with Crippen molar-refractivity contribution in [3.8, 4) is 5.75 Å². The number of aromatic nitrogens is 2. The lowest BCUT2D eigenvalue weighted by Gasteiger charge is -2.06. The zero-order valence-corrected chi connectivity index (χ0v) is 9.68. The Balaban J connectivity index is 2.38. The molecule has 0 bridgehead atoms. The maximum Gasteiger partial charge on any atom is 0.196 e. The number of carbonyl (C=O) groups excluding carboxylic acids is 1. The first-order valence-electron chi connectivity index (χ1n) is 5.16. The number of benzene rings is 1. The van der Waals surface area contributed by atoms with Crippen LogP contribution in [0.2, 0.25) is 0 Å². The highest BCUT2D eigenvalue weighted by Crippen LogP contribution is 2.19. The minimum Gasteiger partial charge on any atom is -0.497 e. The van der Waals surface area contributed by atoms with Gasteiger partial charge in [-0.05, 0) is 30.7 Å². The lowest BCUT2D eigenvalue weighted by atomic mass is 10.0. The Morgan fingerprint density at radius 1 is 1.24 bits per heavy atom. The molecule has 1 heterocycles. The third kappa shape index (κ3) is 2.30. The number of aryl methyl sites for hydroxylation is 1. The van der Waals surface area contributed by atoms with E-state index in [2.05, 4.69) is 9.97 Å². The molecule has 0 aliphatic heterocycles. The molecule has 0 amide bonds. The zero-order valence-electron chi connectivity index (χ0n) is 9.68. The van der Waals surface area contributed by atoms with Crippen molar-refractivity contribution in [3.63, 3.8) is 0 Å². The summed E-state index contributed by atoms with van der Waals surface area (Å²) in [6, 6.07) is 5.35. The highest BCUT2D eigenvalue weighted by Gasteiger charge is 2.12. The molecular weight excluding hydrogens is 216 g/mol. The van der Waals surface area contributed by atoms with E-state index in [4.69, 9.17) is 4.74 Å². The van der Waals surface area contributed by atoms with Gasteiger partial charge in [0.25, 0.3) is 0 Å². The standard InChI is InChI=1S/C13H12N2O2/c1-9-5-11(17-2)3-4-12(9)13(16)10-6-14-8-15-7-10/h3-8H,1-2H3. The second kappa shape index (κ2) is 4.74. The minimum absolute atomic E-state index is 0.0780. The van der Waals surface area contributed by atoms with Gasteiger partial charge in [0.05, 0.1) is 12.7 Å². The lowest BCUT2D eigenvalue weighted by molar-refractivity contribution is 0.103. The number of methoxy groups -OCH3 is 1. The Labute approximate surface area is 99.3 Å². The summed E-state index contributed by atoms with van der Waals surface area (Å²) in [6.45, 7) is 1.87. The molecular formula is C13H12N2O2. The van der Waals surface area contributed by atoms with Gasteiger partial charge in [-0.15, -0.1) is 0 Å². The van der Waals surface area contributed by atoms with Crippen LogP contribution >= 0.6 is 0 Å². The first-order chi connectivity index (χ1) is 8.22.